The van der Waals surface area contributed by atoms with E-state index in [-0.39, 0.29) is 5.78 Å². The molecule has 2 aromatic carbocycles. The van der Waals surface area contributed by atoms with E-state index in [1.165, 1.54) is 19.6 Å². The zero-order chi connectivity index (χ0) is 19.2. The third-order valence-electron chi connectivity index (χ3n) is 3.70. The second-order valence-electron chi connectivity index (χ2n) is 5.61. The maximum Gasteiger partial charge on any atom is 0.338 e. The number of para-hydroxylation sites is 1. The number of ether oxygens (including phenoxy) is 1. The lowest BCUT2D eigenvalue weighted by molar-refractivity contribution is -0.119. The molecule has 1 N–H and O–H groups in total. The first-order valence-electron chi connectivity index (χ1n) is 8.06. The smallest absolute Gasteiger partial charge is 0.338 e. The molecule has 8 heteroatoms. The number of anilines is 1. The molecule has 0 saturated carbocycles. The van der Waals surface area contributed by atoms with Gasteiger partial charge in [-0.3, -0.25) is 9.59 Å². The van der Waals surface area contributed by atoms with E-state index in [4.69, 9.17) is 4.74 Å². The number of hydrogen-bond donors (Lipinski definition) is 1. The highest BCUT2D eigenvalue weighted by Crippen LogP contribution is 2.15. The van der Waals surface area contributed by atoms with Crippen LogP contribution in [0.15, 0.2) is 61.2 Å². The lowest BCUT2D eigenvalue weighted by atomic mass is 10.1. The van der Waals surface area contributed by atoms with Crippen molar-refractivity contribution in [2.24, 2.45) is 0 Å². The predicted molar refractivity (Wildman–Crippen MR) is 96.7 cm³/mol. The van der Waals surface area contributed by atoms with Crippen molar-refractivity contribution in [1.29, 1.82) is 0 Å². The quantitative estimate of drug-likeness (QED) is 0.532. The normalized spacial score (nSPS) is 10.3. The molecule has 0 radical (unpaired) electrons. The Morgan fingerprint density at radius 3 is 2.48 bits per heavy atom. The lowest BCUT2D eigenvalue weighted by Crippen LogP contribution is -2.22. The Labute approximate surface area is 154 Å². The molecule has 0 saturated heterocycles. The van der Waals surface area contributed by atoms with Gasteiger partial charge in [-0.1, -0.05) is 12.1 Å². The molecule has 0 spiro atoms. The topological polar surface area (TPSA) is 103 Å². The van der Waals surface area contributed by atoms with Gasteiger partial charge in [0.1, 0.15) is 12.7 Å². The summed E-state index contributed by atoms with van der Waals surface area (Å²) in [6, 6.07) is 13.1. The van der Waals surface area contributed by atoms with Crippen LogP contribution < -0.4 is 5.32 Å². The van der Waals surface area contributed by atoms with E-state index in [9.17, 15) is 14.4 Å². The molecule has 0 bridgehead atoms. The van der Waals surface area contributed by atoms with Gasteiger partial charge in [0, 0.05) is 5.56 Å². The van der Waals surface area contributed by atoms with Crippen LogP contribution in [0.2, 0.25) is 0 Å². The Kier molecular flexibility index (Phi) is 5.36. The molecule has 8 nitrogen and oxygen atoms in total. The maximum absolute atomic E-state index is 12.1. The van der Waals surface area contributed by atoms with Gasteiger partial charge in [0.15, 0.2) is 12.4 Å². The number of aromatic nitrogens is 3. The second kappa shape index (κ2) is 8.05. The molecule has 0 unspecified atom stereocenters. The van der Waals surface area contributed by atoms with Gasteiger partial charge in [0.05, 0.1) is 16.9 Å². The molecule has 1 aromatic heterocycles. The first-order chi connectivity index (χ1) is 13.0. The van der Waals surface area contributed by atoms with Crippen LogP contribution in [0.4, 0.5) is 5.69 Å². The van der Waals surface area contributed by atoms with Gasteiger partial charge in [-0.05, 0) is 43.3 Å². The van der Waals surface area contributed by atoms with E-state index in [1.54, 1.807) is 53.2 Å². The monoisotopic (exact) mass is 364 g/mol. The van der Waals surface area contributed by atoms with Crippen molar-refractivity contribution < 1.29 is 19.1 Å². The van der Waals surface area contributed by atoms with Crippen molar-refractivity contribution in [3.05, 3.63) is 72.3 Å². The van der Waals surface area contributed by atoms with Crippen LogP contribution in [-0.4, -0.2) is 39.0 Å². The number of benzene rings is 2. The minimum absolute atomic E-state index is 0.171. The van der Waals surface area contributed by atoms with Crippen molar-refractivity contribution >= 4 is 23.3 Å². The van der Waals surface area contributed by atoms with E-state index >= 15 is 0 Å². The number of carbonyl (C=O) groups excluding carboxylic acids is 3. The number of nitrogens with one attached hydrogen (secondary N) is 1. The Morgan fingerprint density at radius 2 is 1.81 bits per heavy atom. The first-order valence-corrected chi connectivity index (χ1v) is 8.06. The van der Waals surface area contributed by atoms with E-state index < -0.39 is 18.5 Å². The molecule has 0 aliphatic carbocycles. The SMILES string of the molecule is CC(=O)c1ccccc1NC(=O)COC(=O)c1ccc(-n2cncn2)cc1. The Bertz CT molecular complexity index is 966. The molecule has 1 amide bonds. The Balaban J connectivity index is 1.57. The van der Waals surface area contributed by atoms with Gasteiger partial charge in [-0.25, -0.2) is 14.5 Å². The highest BCUT2D eigenvalue weighted by molar-refractivity contribution is 6.04. The number of Topliss-reactive ketones (excluding diaryl/α,β-unsaturated/α-hetero) is 1. The fourth-order valence-corrected chi connectivity index (χ4v) is 2.39. The molecule has 3 aromatic rings. The van der Waals surface area contributed by atoms with Gasteiger partial charge < -0.3 is 10.1 Å². The largest absolute Gasteiger partial charge is 0.452 e. The highest BCUT2D eigenvalue weighted by atomic mass is 16.5. The zero-order valence-electron chi connectivity index (χ0n) is 14.5. The minimum Gasteiger partial charge on any atom is -0.452 e. The van der Waals surface area contributed by atoms with Gasteiger partial charge in [0.2, 0.25) is 0 Å². The van der Waals surface area contributed by atoms with E-state index in [0.717, 1.165) is 5.69 Å². The van der Waals surface area contributed by atoms with Crippen LogP contribution in [0.25, 0.3) is 5.69 Å². The number of carbonyl (C=O) groups is 3. The number of rotatable bonds is 6. The number of hydrogen-bond acceptors (Lipinski definition) is 6. The molecule has 27 heavy (non-hydrogen) atoms. The number of esters is 1. The Hall–Kier alpha value is -3.81. The van der Waals surface area contributed by atoms with Crippen molar-refractivity contribution in [2.75, 3.05) is 11.9 Å². The average Bonchev–Trinajstić information content (AvgIpc) is 3.21. The zero-order valence-corrected chi connectivity index (χ0v) is 14.5. The summed E-state index contributed by atoms with van der Waals surface area (Å²) in [4.78, 5) is 39.5. The summed E-state index contributed by atoms with van der Waals surface area (Å²) in [6.07, 6.45) is 2.95. The summed E-state index contributed by atoms with van der Waals surface area (Å²) in [5, 5.41) is 6.56. The van der Waals surface area contributed by atoms with Crippen LogP contribution >= 0.6 is 0 Å². The third kappa shape index (κ3) is 4.43. The van der Waals surface area contributed by atoms with Crippen LogP contribution in [0.1, 0.15) is 27.6 Å². The lowest BCUT2D eigenvalue weighted by Gasteiger charge is -2.09. The van der Waals surface area contributed by atoms with Crippen molar-refractivity contribution in [3.8, 4) is 5.69 Å². The fraction of sp³-hybridized carbons (Fsp3) is 0.105. The summed E-state index contributed by atoms with van der Waals surface area (Å²) in [7, 11) is 0. The number of nitrogens with zero attached hydrogens (tertiary/aromatic N) is 3. The van der Waals surface area contributed by atoms with Crippen LogP contribution in [0.5, 0.6) is 0 Å². The molecule has 1 heterocycles. The predicted octanol–water partition coefficient (Wildman–Crippen LogP) is 2.27. The molecular formula is C19H16N4O4. The number of amides is 1. The van der Waals surface area contributed by atoms with Gasteiger partial charge in [-0.2, -0.15) is 5.10 Å². The highest BCUT2D eigenvalue weighted by Gasteiger charge is 2.13. The summed E-state index contributed by atoms with van der Waals surface area (Å²) in [5.74, 6) is -1.33. The summed E-state index contributed by atoms with van der Waals surface area (Å²) >= 11 is 0. The molecule has 0 aliphatic rings. The standard InChI is InChI=1S/C19H16N4O4/c1-13(24)16-4-2-3-5-17(16)22-18(25)10-27-19(26)14-6-8-15(9-7-14)23-12-20-11-21-23/h2-9,11-12H,10H2,1H3,(H,22,25). The number of ketones is 1. The fourth-order valence-electron chi connectivity index (χ4n) is 2.39. The second-order valence-corrected chi connectivity index (χ2v) is 5.61. The van der Waals surface area contributed by atoms with Crippen LogP contribution in [-0.2, 0) is 9.53 Å². The first kappa shape index (κ1) is 18.0. The Morgan fingerprint density at radius 1 is 1.07 bits per heavy atom. The van der Waals surface area contributed by atoms with Crippen LogP contribution in [0, 0.1) is 0 Å². The van der Waals surface area contributed by atoms with Crippen molar-refractivity contribution in [1.82, 2.24) is 14.8 Å². The minimum atomic E-state index is -0.629. The molecule has 3 rings (SSSR count). The van der Waals surface area contributed by atoms with Gasteiger partial charge in [-0.15, -0.1) is 0 Å². The van der Waals surface area contributed by atoms with Gasteiger partial charge >= 0.3 is 5.97 Å². The summed E-state index contributed by atoms with van der Waals surface area (Å²) < 4.78 is 6.57. The third-order valence-corrected chi connectivity index (χ3v) is 3.70. The van der Waals surface area contributed by atoms with Gasteiger partial charge in [0.25, 0.3) is 5.91 Å². The average molecular weight is 364 g/mol. The van der Waals surface area contributed by atoms with E-state index in [0.29, 0.717) is 16.8 Å². The van der Waals surface area contributed by atoms with Crippen molar-refractivity contribution in [2.45, 2.75) is 6.92 Å². The summed E-state index contributed by atoms with van der Waals surface area (Å²) in [5.41, 5.74) is 1.81. The van der Waals surface area contributed by atoms with E-state index in [2.05, 4.69) is 15.4 Å². The van der Waals surface area contributed by atoms with Crippen LogP contribution in [0.3, 0.4) is 0 Å². The maximum atomic E-state index is 12.1. The van der Waals surface area contributed by atoms with Crippen molar-refractivity contribution in [3.63, 3.8) is 0 Å². The molecular weight excluding hydrogens is 348 g/mol. The summed E-state index contributed by atoms with van der Waals surface area (Å²) in [6.45, 7) is 0.948. The molecule has 136 valence electrons. The van der Waals surface area contributed by atoms with E-state index in [1.807, 2.05) is 0 Å². The molecule has 0 fully saturated rings. The molecule has 0 aliphatic heterocycles. The molecule has 0 atom stereocenters.